The van der Waals surface area contributed by atoms with E-state index in [0.29, 0.717) is 12.8 Å². The molecule has 1 saturated heterocycles. The smallest absolute Gasteiger partial charge is 0.220 e. The van der Waals surface area contributed by atoms with Crippen molar-refractivity contribution in [3.8, 4) is 0 Å². The van der Waals surface area contributed by atoms with E-state index in [0.717, 1.165) is 83.5 Å². The van der Waals surface area contributed by atoms with Crippen LogP contribution in [-0.4, -0.2) is 87.5 Å². The Kier molecular flexibility index (Phi) is 22.7. The third kappa shape index (κ3) is 16.9. The van der Waals surface area contributed by atoms with E-state index in [-0.39, 0.29) is 12.5 Å². The molecule has 7 atom stereocenters. The molecular formula is C33H59NO8. The Morgan fingerprint density at radius 3 is 2.17 bits per heavy atom. The largest absolute Gasteiger partial charge is 0.394 e. The Hall–Kier alpha value is -1.59. The summed E-state index contributed by atoms with van der Waals surface area (Å²) in [5, 5.41) is 53.3. The second kappa shape index (κ2) is 24.8. The first-order valence-electron chi connectivity index (χ1n) is 16.2. The van der Waals surface area contributed by atoms with Crippen LogP contribution in [0.4, 0.5) is 0 Å². The summed E-state index contributed by atoms with van der Waals surface area (Å²) in [4.78, 5) is 12.7. The quantitative estimate of drug-likeness (QED) is 0.0716. The summed E-state index contributed by atoms with van der Waals surface area (Å²) in [6.07, 6.45) is 19.3. The molecule has 7 unspecified atom stereocenters. The third-order valence-corrected chi connectivity index (χ3v) is 7.51. The molecule has 0 radical (unpaired) electrons. The van der Waals surface area contributed by atoms with Crippen molar-refractivity contribution < 1.29 is 39.8 Å². The monoisotopic (exact) mass is 597 g/mol. The Morgan fingerprint density at radius 1 is 0.833 bits per heavy atom. The molecule has 0 aromatic heterocycles. The van der Waals surface area contributed by atoms with Crippen LogP contribution in [0.25, 0.3) is 0 Å². The summed E-state index contributed by atoms with van der Waals surface area (Å²) in [5.41, 5.74) is 0. The van der Waals surface area contributed by atoms with Gasteiger partial charge in [-0.15, -0.1) is 0 Å². The molecule has 244 valence electrons. The molecule has 0 aromatic carbocycles. The van der Waals surface area contributed by atoms with Gasteiger partial charge < -0.3 is 40.3 Å². The summed E-state index contributed by atoms with van der Waals surface area (Å²) < 4.78 is 11.1. The average Bonchev–Trinajstić information content (AvgIpc) is 2.98. The van der Waals surface area contributed by atoms with Gasteiger partial charge in [-0.3, -0.25) is 4.79 Å². The third-order valence-electron chi connectivity index (χ3n) is 7.51. The maximum absolute atomic E-state index is 12.7. The number of nitrogens with one attached hydrogen (secondary N) is 1. The molecule has 9 nitrogen and oxygen atoms in total. The van der Waals surface area contributed by atoms with E-state index in [1.54, 1.807) is 0 Å². The lowest BCUT2D eigenvalue weighted by molar-refractivity contribution is -0.302. The first kappa shape index (κ1) is 38.4. The molecule has 42 heavy (non-hydrogen) atoms. The van der Waals surface area contributed by atoms with Crippen molar-refractivity contribution in [2.24, 2.45) is 0 Å². The number of hydrogen-bond donors (Lipinski definition) is 6. The van der Waals surface area contributed by atoms with Gasteiger partial charge in [0.25, 0.3) is 0 Å². The number of unbranched alkanes of at least 4 members (excludes halogenated alkanes) is 8. The van der Waals surface area contributed by atoms with Crippen LogP contribution in [0.5, 0.6) is 0 Å². The van der Waals surface area contributed by atoms with E-state index >= 15 is 0 Å². The fourth-order valence-electron chi connectivity index (χ4n) is 4.82. The molecule has 6 N–H and O–H groups in total. The molecular weight excluding hydrogens is 538 g/mol. The minimum Gasteiger partial charge on any atom is -0.394 e. The normalized spacial score (nSPS) is 24.6. The van der Waals surface area contributed by atoms with Gasteiger partial charge in [0.05, 0.1) is 25.4 Å². The van der Waals surface area contributed by atoms with Crippen molar-refractivity contribution in [2.75, 3.05) is 13.2 Å². The summed E-state index contributed by atoms with van der Waals surface area (Å²) in [5.74, 6) is -0.175. The average molecular weight is 598 g/mol. The van der Waals surface area contributed by atoms with Crippen LogP contribution < -0.4 is 5.32 Å². The molecule has 0 aromatic rings. The molecule has 1 aliphatic rings. The molecule has 9 heteroatoms. The number of hydrogen-bond acceptors (Lipinski definition) is 8. The van der Waals surface area contributed by atoms with E-state index in [1.807, 2.05) is 0 Å². The standard InChI is InChI=1S/C33H59NO8/c1-3-5-7-9-10-11-12-13-14-15-16-17-18-19-21-23-29(37)34-26(27(36)22-20-8-6-4-2)25-41-33-32(40)31(39)30(38)28(24-35)42-33/h5,7,10-11,13-14,26-28,30-33,35-36,38-40H,3-4,6,8-9,12,15-25H2,1-2H3,(H,34,37)/b7-5-,11-10-,14-13-. The Bertz CT molecular complexity index is 756. The first-order valence-corrected chi connectivity index (χ1v) is 16.2. The molecule has 0 bridgehead atoms. The lowest BCUT2D eigenvalue weighted by atomic mass is 9.99. The number of allylic oxidation sites excluding steroid dienone is 6. The Morgan fingerprint density at radius 2 is 1.48 bits per heavy atom. The zero-order valence-electron chi connectivity index (χ0n) is 26.0. The predicted molar refractivity (Wildman–Crippen MR) is 166 cm³/mol. The topological polar surface area (TPSA) is 149 Å². The van der Waals surface area contributed by atoms with Crippen LogP contribution in [0.2, 0.25) is 0 Å². The zero-order valence-corrected chi connectivity index (χ0v) is 26.0. The van der Waals surface area contributed by atoms with E-state index in [1.165, 1.54) is 0 Å². The van der Waals surface area contributed by atoms with Crippen molar-refractivity contribution in [3.05, 3.63) is 36.5 Å². The van der Waals surface area contributed by atoms with Crippen molar-refractivity contribution in [3.63, 3.8) is 0 Å². The second-order valence-corrected chi connectivity index (χ2v) is 11.2. The van der Waals surface area contributed by atoms with Crippen molar-refractivity contribution in [1.82, 2.24) is 5.32 Å². The van der Waals surface area contributed by atoms with Crippen LogP contribution in [0, 0.1) is 0 Å². The van der Waals surface area contributed by atoms with Gasteiger partial charge in [-0.2, -0.15) is 0 Å². The summed E-state index contributed by atoms with van der Waals surface area (Å²) in [7, 11) is 0. The predicted octanol–water partition coefficient (Wildman–Crippen LogP) is 4.21. The lowest BCUT2D eigenvalue weighted by Gasteiger charge is -2.40. The van der Waals surface area contributed by atoms with Crippen molar-refractivity contribution in [2.45, 2.75) is 153 Å². The van der Waals surface area contributed by atoms with E-state index < -0.39 is 49.5 Å². The van der Waals surface area contributed by atoms with Gasteiger partial charge in [-0.1, -0.05) is 95.2 Å². The molecule has 0 saturated carbocycles. The molecule has 0 spiro atoms. The molecule has 1 heterocycles. The minimum absolute atomic E-state index is 0.150. The number of aliphatic hydroxyl groups excluding tert-OH is 5. The molecule has 1 fully saturated rings. The summed E-state index contributed by atoms with van der Waals surface area (Å²) in [6.45, 7) is 3.54. The van der Waals surface area contributed by atoms with Gasteiger partial charge >= 0.3 is 0 Å². The van der Waals surface area contributed by atoms with Crippen LogP contribution in [0.3, 0.4) is 0 Å². The zero-order chi connectivity index (χ0) is 31.0. The van der Waals surface area contributed by atoms with Gasteiger partial charge in [-0.05, 0) is 44.9 Å². The molecule has 1 aliphatic heterocycles. The van der Waals surface area contributed by atoms with Crippen LogP contribution in [0.1, 0.15) is 110 Å². The number of aliphatic hydroxyl groups is 5. The minimum atomic E-state index is -1.55. The highest BCUT2D eigenvalue weighted by molar-refractivity contribution is 5.76. The van der Waals surface area contributed by atoms with Gasteiger partial charge in [0.1, 0.15) is 24.4 Å². The van der Waals surface area contributed by atoms with Gasteiger partial charge in [-0.25, -0.2) is 0 Å². The second-order valence-electron chi connectivity index (χ2n) is 11.2. The van der Waals surface area contributed by atoms with E-state index in [4.69, 9.17) is 9.47 Å². The number of amides is 1. The van der Waals surface area contributed by atoms with Crippen molar-refractivity contribution >= 4 is 5.91 Å². The van der Waals surface area contributed by atoms with Gasteiger partial charge in [0.15, 0.2) is 6.29 Å². The van der Waals surface area contributed by atoms with Crippen LogP contribution >= 0.6 is 0 Å². The maximum Gasteiger partial charge on any atom is 0.220 e. The molecule has 1 amide bonds. The highest BCUT2D eigenvalue weighted by atomic mass is 16.7. The molecule has 1 rings (SSSR count). The van der Waals surface area contributed by atoms with Crippen LogP contribution in [0.15, 0.2) is 36.5 Å². The fourth-order valence-corrected chi connectivity index (χ4v) is 4.82. The van der Waals surface area contributed by atoms with Gasteiger partial charge in [0.2, 0.25) is 5.91 Å². The summed E-state index contributed by atoms with van der Waals surface area (Å²) in [6, 6.07) is -0.721. The van der Waals surface area contributed by atoms with Crippen molar-refractivity contribution in [1.29, 1.82) is 0 Å². The number of ether oxygens (including phenoxy) is 2. The highest BCUT2D eigenvalue weighted by Gasteiger charge is 2.44. The SMILES string of the molecule is CC/C=C\C/C=C\C/C=C\CCCCCCCC(=O)NC(COC1OC(CO)C(O)C(O)C1O)C(O)CCCCCC. The first-order chi connectivity index (χ1) is 20.3. The van der Waals surface area contributed by atoms with E-state index in [2.05, 4.69) is 55.6 Å². The highest BCUT2D eigenvalue weighted by Crippen LogP contribution is 2.22. The summed E-state index contributed by atoms with van der Waals surface area (Å²) >= 11 is 0. The van der Waals surface area contributed by atoms with E-state index in [9.17, 15) is 30.3 Å². The maximum atomic E-state index is 12.7. The number of carbonyl (C=O) groups is 1. The Balaban J connectivity index is 2.39. The Labute approximate surface area is 253 Å². The van der Waals surface area contributed by atoms with Gasteiger partial charge in [0, 0.05) is 6.42 Å². The fraction of sp³-hybridized carbons (Fsp3) is 0.788. The lowest BCUT2D eigenvalue weighted by Crippen LogP contribution is -2.60. The number of carbonyl (C=O) groups excluding carboxylic acids is 1. The number of rotatable bonds is 24. The van der Waals surface area contributed by atoms with Crippen LogP contribution in [-0.2, 0) is 14.3 Å². The molecule has 0 aliphatic carbocycles.